The summed E-state index contributed by atoms with van der Waals surface area (Å²) in [5, 5.41) is 16.0. The van der Waals surface area contributed by atoms with E-state index < -0.39 is 0 Å². The van der Waals surface area contributed by atoms with Crippen LogP contribution in [0.4, 0.5) is 0 Å². The molecule has 0 bridgehead atoms. The molecule has 0 radical (unpaired) electrons. The zero-order valence-electron chi connectivity index (χ0n) is 16.0. The average Bonchev–Trinajstić information content (AvgIpc) is 3.38. The number of aldehydes is 1. The number of halogens is 2. The van der Waals surface area contributed by atoms with Crippen molar-refractivity contribution in [2.24, 2.45) is 0 Å². The first-order valence-corrected chi connectivity index (χ1v) is 10.2. The van der Waals surface area contributed by atoms with Crippen molar-refractivity contribution in [3.63, 3.8) is 0 Å². The Morgan fingerprint density at radius 2 is 1.90 bits per heavy atom. The Kier molecular flexibility index (Phi) is 4.94. The number of imidazole rings is 1. The molecule has 9 heteroatoms. The molecule has 0 spiro atoms. The maximum atomic E-state index is 10.7. The number of carbonyl (C=O) groups excluding carboxylic acids is 1. The quantitative estimate of drug-likeness (QED) is 0.400. The number of aromatic nitrogens is 5. The number of fused-ring (bicyclic) bond motifs is 3. The predicted molar refractivity (Wildman–Crippen MR) is 119 cm³/mol. The third-order valence-electron chi connectivity index (χ3n) is 5.13. The van der Waals surface area contributed by atoms with Gasteiger partial charge in [-0.15, -0.1) is 0 Å². The van der Waals surface area contributed by atoms with Gasteiger partial charge in [0.25, 0.3) is 0 Å². The van der Waals surface area contributed by atoms with Crippen molar-refractivity contribution in [1.82, 2.24) is 24.1 Å². The highest BCUT2D eigenvalue weighted by Crippen LogP contribution is 2.37. The first kappa shape index (κ1) is 19.7. The molecule has 0 amide bonds. The summed E-state index contributed by atoms with van der Waals surface area (Å²) in [7, 11) is 0. The summed E-state index contributed by atoms with van der Waals surface area (Å²) in [5.74, 6) is 0. The Labute approximate surface area is 186 Å². The van der Waals surface area contributed by atoms with Crippen LogP contribution in [0, 0.1) is 0 Å². The average molecular weight is 452 g/mol. The molecule has 1 N–H and O–H groups in total. The van der Waals surface area contributed by atoms with Gasteiger partial charge in [-0.05, 0) is 24.3 Å². The van der Waals surface area contributed by atoms with Gasteiger partial charge in [-0.2, -0.15) is 5.10 Å². The number of rotatable bonds is 5. The molecule has 0 atom stereocenters. The highest BCUT2D eigenvalue weighted by molar-refractivity contribution is 6.39. The SMILES string of the molecule is O=CCn1cc(-c2cnc3ccn4c(CO)c(-c5c(Cl)cccc5Cl)nc4c3c2)cn1. The van der Waals surface area contributed by atoms with E-state index in [4.69, 9.17) is 28.2 Å². The number of benzene rings is 1. The molecule has 0 aliphatic rings. The molecular weight excluding hydrogens is 437 g/mol. The first-order valence-electron chi connectivity index (χ1n) is 9.42. The number of aliphatic hydroxyl groups is 1. The van der Waals surface area contributed by atoms with Gasteiger partial charge in [0.05, 0.1) is 46.3 Å². The number of pyridine rings is 2. The van der Waals surface area contributed by atoms with E-state index >= 15 is 0 Å². The number of hydrogen-bond acceptors (Lipinski definition) is 5. The van der Waals surface area contributed by atoms with Crippen molar-refractivity contribution in [3.8, 4) is 22.4 Å². The molecule has 5 aromatic rings. The minimum atomic E-state index is -0.241. The van der Waals surface area contributed by atoms with Crippen molar-refractivity contribution < 1.29 is 9.90 Å². The largest absolute Gasteiger partial charge is 0.390 e. The molecule has 154 valence electrons. The molecular formula is C22H15Cl2N5O2. The first-order chi connectivity index (χ1) is 15.1. The van der Waals surface area contributed by atoms with Crippen LogP contribution >= 0.6 is 23.2 Å². The third-order valence-corrected chi connectivity index (χ3v) is 5.76. The van der Waals surface area contributed by atoms with Crippen molar-refractivity contribution in [2.45, 2.75) is 13.2 Å². The molecule has 0 fully saturated rings. The van der Waals surface area contributed by atoms with Gasteiger partial charge in [-0.3, -0.25) is 9.67 Å². The van der Waals surface area contributed by atoms with Crippen LogP contribution in [0.25, 0.3) is 38.9 Å². The van der Waals surface area contributed by atoms with Gasteiger partial charge in [-0.1, -0.05) is 29.3 Å². The van der Waals surface area contributed by atoms with Gasteiger partial charge in [-0.25, -0.2) is 4.98 Å². The normalized spacial score (nSPS) is 11.5. The summed E-state index contributed by atoms with van der Waals surface area (Å²) in [4.78, 5) is 20.1. The lowest BCUT2D eigenvalue weighted by molar-refractivity contribution is -0.108. The van der Waals surface area contributed by atoms with Crippen LogP contribution in [0.5, 0.6) is 0 Å². The lowest BCUT2D eigenvalue weighted by Crippen LogP contribution is -1.97. The van der Waals surface area contributed by atoms with E-state index in [1.807, 2.05) is 22.7 Å². The summed E-state index contributed by atoms with van der Waals surface area (Å²) >= 11 is 12.8. The molecule has 0 saturated heterocycles. The van der Waals surface area contributed by atoms with Crippen molar-refractivity contribution in [2.75, 3.05) is 0 Å². The fraction of sp³-hybridized carbons (Fsp3) is 0.0909. The molecule has 4 aromatic heterocycles. The standard InChI is InChI=1S/C22H15Cl2N5O2/c23-16-2-1-3-17(24)20(16)21-19(12-31)29-5-4-18-15(22(29)27-21)8-13(9-25-18)14-10-26-28(11-14)6-7-30/h1-5,7-11,31H,6,12H2. The van der Waals surface area contributed by atoms with Crippen LogP contribution in [0.15, 0.2) is 55.1 Å². The molecule has 5 rings (SSSR count). The van der Waals surface area contributed by atoms with Crippen molar-refractivity contribution in [1.29, 1.82) is 0 Å². The van der Waals surface area contributed by atoms with Crippen LogP contribution in [0.2, 0.25) is 10.0 Å². The van der Waals surface area contributed by atoms with E-state index in [1.165, 1.54) is 0 Å². The maximum Gasteiger partial charge on any atom is 0.147 e. The molecule has 0 saturated carbocycles. The predicted octanol–water partition coefficient (Wildman–Crippen LogP) is 4.41. The minimum Gasteiger partial charge on any atom is -0.390 e. The van der Waals surface area contributed by atoms with Gasteiger partial charge in [0.2, 0.25) is 0 Å². The van der Waals surface area contributed by atoms with E-state index in [0.29, 0.717) is 32.6 Å². The summed E-state index contributed by atoms with van der Waals surface area (Å²) in [6, 6.07) is 9.07. The van der Waals surface area contributed by atoms with Crippen molar-refractivity contribution in [3.05, 3.63) is 70.9 Å². The molecule has 0 aliphatic heterocycles. The molecule has 4 heterocycles. The van der Waals surface area contributed by atoms with Crippen LogP contribution in [-0.2, 0) is 17.9 Å². The van der Waals surface area contributed by atoms with E-state index in [0.717, 1.165) is 28.3 Å². The number of carbonyl (C=O) groups is 1. The van der Waals surface area contributed by atoms with Crippen LogP contribution in [0.3, 0.4) is 0 Å². The summed E-state index contributed by atoms with van der Waals surface area (Å²) in [6.07, 6.45) is 7.84. The van der Waals surface area contributed by atoms with Crippen molar-refractivity contribution >= 4 is 46.0 Å². The monoisotopic (exact) mass is 451 g/mol. The fourth-order valence-electron chi connectivity index (χ4n) is 3.67. The molecule has 1 aromatic carbocycles. The van der Waals surface area contributed by atoms with Gasteiger partial charge in [0, 0.05) is 40.7 Å². The molecule has 0 unspecified atom stereocenters. The lowest BCUT2D eigenvalue weighted by Gasteiger charge is -2.06. The Hall–Kier alpha value is -3.26. The number of aliphatic hydroxyl groups excluding tert-OH is 1. The minimum absolute atomic E-state index is 0.188. The molecule has 7 nitrogen and oxygen atoms in total. The second kappa shape index (κ2) is 7.77. The lowest BCUT2D eigenvalue weighted by atomic mass is 10.1. The molecule has 0 aliphatic carbocycles. The van der Waals surface area contributed by atoms with Crippen LogP contribution in [0.1, 0.15) is 5.69 Å². The number of nitrogens with zero attached hydrogens (tertiary/aromatic N) is 5. The second-order valence-corrected chi connectivity index (χ2v) is 7.76. The summed E-state index contributed by atoms with van der Waals surface area (Å²) in [6.45, 7) is -0.0531. The summed E-state index contributed by atoms with van der Waals surface area (Å²) < 4.78 is 3.38. The van der Waals surface area contributed by atoms with Crippen LogP contribution < -0.4 is 0 Å². The van der Waals surface area contributed by atoms with Gasteiger partial charge < -0.3 is 14.3 Å². The van der Waals surface area contributed by atoms with Gasteiger partial charge >= 0.3 is 0 Å². The summed E-state index contributed by atoms with van der Waals surface area (Å²) in [5.41, 5.74) is 4.73. The fourth-order valence-corrected chi connectivity index (χ4v) is 4.25. The van der Waals surface area contributed by atoms with E-state index in [2.05, 4.69) is 10.1 Å². The number of hydrogen-bond donors (Lipinski definition) is 1. The van der Waals surface area contributed by atoms with E-state index in [9.17, 15) is 9.90 Å². The van der Waals surface area contributed by atoms with Gasteiger partial charge in [0.15, 0.2) is 0 Å². The Morgan fingerprint density at radius 3 is 2.65 bits per heavy atom. The third kappa shape index (κ3) is 3.27. The Bertz CT molecular complexity index is 1440. The second-order valence-electron chi connectivity index (χ2n) is 6.95. The maximum absolute atomic E-state index is 10.7. The highest BCUT2D eigenvalue weighted by atomic mass is 35.5. The Morgan fingerprint density at radius 1 is 1.10 bits per heavy atom. The van der Waals surface area contributed by atoms with Gasteiger partial charge in [0.1, 0.15) is 11.9 Å². The van der Waals surface area contributed by atoms with E-state index in [-0.39, 0.29) is 13.2 Å². The Balaban J connectivity index is 1.75. The zero-order valence-corrected chi connectivity index (χ0v) is 17.5. The highest BCUT2D eigenvalue weighted by Gasteiger charge is 2.20. The smallest absolute Gasteiger partial charge is 0.147 e. The zero-order chi connectivity index (χ0) is 21.5. The van der Waals surface area contributed by atoms with E-state index in [1.54, 1.807) is 41.5 Å². The van der Waals surface area contributed by atoms with Crippen LogP contribution in [-0.4, -0.2) is 35.5 Å². The topological polar surface area (TPSA) is 85.3 Å². The molecule has 31 heavy (non-hydrogen) atoms.